The van der Waals surface area contributed by atoms with Crippen molar-refractivity contribution in [2.45, 2.75) is 18.1 Å². The molecule has 1 aliphatic rings. The molecule has 0 aliphatic carbocycles. The van der Waals surface area contributed by atoms with Crippen LogP contribution in [-0.2, 0) is 20.3 Å². The quantitative estimate of drug-likeness (QED) is 0.799. The highest BCUT2D eigenvalue weighted by Gasteiger charge is 2.36. The normalized spacial score (nSPS) is 19.0. The van der Waals surface area contributed by atoms with Crippen molar-refractivity contribution in [2.75, 3.05) is 13.1 Å². The third-order valence-electron chi connectivity index (χ3n) is 3.98. The van der Waals surface area contributed by atoms with E-state index in [-0.39, 0.29) is 18.9 Å². The van der Waals surface area contributed by atoms with Gasteiger partial charge < -0.3 is 4.90 Å². The summed E-state index contributed by atoms with van der Waals surface area (Å²) in [6.07, 6.45) is 4.20. The second-order valence-corrected chi connectivity index (χ2v) is 8.32. The second-order valence-electron chi connectivity index (χ2n) is 5.41. The van der Waals surface area contributed by atoms with Gasteiger partial charge in [-0.2, -0.15) is 0 Å². The zero-order valence-electron chi connectivity index (χ0n) is 11.8. The Kier molecular flexibility index (Phi) is 4.06. The lowest BCUT2D eigenvalue weighted by atomic mass is 10.1. The van der Waals surface area contributed by atoms with E-state index in [2.05, 4.69) is 4.98 Å². The molecule has 22 heavy (non-hydrogen) atoms. The Hall–Kier alpha value is -1.66. The van der Waals surface area contributed by atoms with E-state index in [0.29, 0.717) is 13.0 Å². The van der Waals surface area contributed by atoms with Crippen LogP contribution in [0, 0.1) is 0 Å². The Balaban J connectivity index is 1.74. The predicted molar refractivity (Wildman–Crippen MR) is 85.2 cm³/mol. The highest BCUT2D eigenvalue weighted by Crippen LogP contribution is 2.23. The number of carbonyl (C=O) groups excluding carboxylic acids is 1. The first-order chi connectivity index (χ1) is 10.4. The van der Waals surface area contributed by atoms with Gasteiger partial charge in [-0.05, 0) is 17.4 Å². The molecule has 1 unspecified atom stereocenters. The Morgan fingerprint density at radius 2 is 2.05 bits per heavy atom. The summed E-state index contributed by atoms with van der Waals surface area (Å²) in [5, 5.41) is 1.35. The zero-order chi connectivity index (χ0) is 15.7. The average Bonchev–Trinajstić information content (AvgIpc) is 2.86. The van der Waals surface area contributed by atoms with Gasteiger partial charge in [-0.25, -0.2) is 8.42 Å². The van der Waals surface area contributed by atoms with Gasteiger partial charge in [-0.3, -0.25) is 9.78 Å². The summed E-state index contributed by atoms with van der Waals surface area (Å²) >= 11 is 0. The molecular formula is C15H15ClN2O3S. The van der Waals surface area contributed by atoms with E-state index in [1.54, 1.807) is 17.3 Å². The Morgan fingerprint density at radius 3 is 2.77 bits per heavy atom. The number of benzene rings is 1. The summed E-state index contributed by atoms with van der Waals surface area (Å²) < 4.78 is 22.7. The highest BCUT2D eigenvalue weighted by atomic mass is 35.7. The molecule has 2 heterocycles. The molecule has 1 fully saturated rings. The van der Waals surface area contributed by atoms with Crippen LogP contribution in [0.15, 0.2) is 36.7 Å². The molecule has 1 aliphatic heterocycles. The lowest BCUT2D eigenvalue weighted by Crippen LogP contribution is -2.29. The topological polar surface area (TPSA) is 67.3 Å². The number of halogens is 1. The first kappa shape index (κ1) is 15.2. The largest absolute Gasteiger partial charge is 0.341 e. The van der Waals surface area contributed by atoms with Gasteiger partial charge >= 0.3 is 0 Å². The number of amides is 1. The minimum atomic E-state index is -3.69. The minimum absolute atomic E-state index is 0.0282. The van der Waals surface area contributed by atoms with Crippen molar-refractivity contribution in [3.63, 3.8) is 0 Å². The molecule has 116 valence electrons. The molecule has 3 rings (SSSR count). The van der Waals surface area contributed by atoms with Gasteiger partial charge in [0.15, 0.2) is 0 Å². The van der Waals surface area contributed by atoms with Crippen molar-refractivity contribution < 1.29 is 13.2 Å². The van der Waals surface area contributed by atoms with Crippen LogP contribution in [0.2, 0.25) is 0 Å². The predicted octanol–water partition coefficient (Wildman–Crippen LogP) is 1.95. The number of nitrogens with zero attached hydrogens (tertiary/aromatic N) is 2. The fraction of sp³-hybridized carbons (Fsp3) is 0.333. The van der Waals surface area contributed by atoms with Crippen LogP contribution >= 0.6 is 10.7 Å². The van der Waals surface area contributed by atoms with Crippen LogP contribution < -0.4 is 0 Å². The summed E-state index contributed by atoms with van der Waals surface area (Å²) in [5.74, 6) is -0.164. The summed E-state index contributed by atoms with van der Waals surface area (Å²) in [7, 11) is 1.66. The van der Waals surface area contributed by atoms with Gasteiger partial charge in [0, 0.05) is 48.0 Å². The van der Waals surface area contributed by atoms with Crippen molar-refractivity contribution in [1.82, 2.24) is 9.88 Å². The van der Waals surface area contributed by atoms with E-state index in [9.17, 15) is 13.2 Å². The van der Waals surface area contributed by atoms with Crippen molar-refractivity contribution in [2.24, 2.45) is 0 Å². The molecule has 1 aromatic heterocycles. The maximum Gasteiger partial charge on any atom is 0.237 e. The number of hydrogen-bond acceptors (Lipinski definition) is 4. The van der Waals surface area contributed by atoms with Gasteiger partial charge in [0.25, 0.3) is 0 Å². The van der Waals surface area contributed by atoms with E-state index < -0.39 is 14.3 Å². The smallest absolute Gasteiger partial charge is 0.237 e. The molecule has 1 amide bonds. The first-order valence-electron chi connectivity index (χ1n) is 6.98. The van der Waals surface area contributed by atoms with Crippen molar-refractivity contribution in [3.8, 4) is 0 Å². The fourth-order valence-electron chi connectivity index (χ4n) is 2.77. The van der Waals surface area contributed by atoms with Crippen molar-refractivity contribution in [1.29, 1.82) is 0 Å². The summed E-state index contributed by atoms with van der Waals surface area (Å²) in [6, 6.07) is 7.92. The number of aromatic nitrogens is 1. The minimum Gasteiger partial charge on any atom is -0.341 e. The molecule has 5 nitrogen and oxygen atoms in total. The molecule has 1 saturated heterocycles. The zero-order valence-corrected chi connectivity index (χ0v) is 13.3. The van der Waals surface area contributed by atoms with Gasteiger partial charge in [-0.15, -0.1) is 0 Å². The molecule has 0 radical (unpaired) electrons. The number of rotatable bonds is 4. The van der Waals surface area contributed by atoms with Crippen LogP contribution in [-0.4, -0.2) is 42.5 Å². The second kappa shape index (κ2) is 5.85. The van der Waals surface area contributed by atoms with Gasteiger partial charge in [0.05, 0.1) is 0 Å². The molecular weight excluding hydrogens is 324 g/mol. The molecule has 0 N–H and O–H groups in total. The Bertz CT molecular complexity index is 817. The maximum atomic E-state index is 11.9. The monoisotopic (exact) mass is 338 g/mol. The van der Waals surface area contributed by atoms with E-state index >= 15 is 0 Å². The van der Waals surface area contributed by atoms with Crippen LogP contribution in [0.1, 0.15) is 12.0 Å². The Labute approximate surface area is 133 Å². The van der Waals surface area contributed by atoms with Crippen molar-refractivity contribution >= 4 is 36.4 Å². The average molecular weight is 339 g/mol. The third kappa shape index (κ3) is 3.08. The Morgan fingerprint density at radius 1 is 1.27 bits per heavy atom. The third-order valence-corrected chi connectivity index (χ3v) is 5.85. The lowest BCUT2D eigenvalue weighted by Gasteiger charge is -2.16. The lowest BCUT2D eigenvalue weighted by molar-refractivity contribution is -0.127. The standard InChI is InChI=1S/C15H15ClN2O3S/c16-22(20,21)13-7-15(19)18(10-13)6-5-12-9-17-8-11-3-1-2-4-14(11)12/h1-4,8-9,13H,5-7,10H2. The van der Waals surface area contributed by atoms with Gasteiger partial charge in [-0.1, -0.05) is 24.3 Å². The molecule has 1 aromatic carbocycles. The van der Waals surface area contributed by atoms with Crippen LogP contribution in [0.25, 0.3) is 10.8 Å². The number of carbonyl (C=O) groups is 1. The summed E-state index contributed by atoms with van der Waals surface area (Å²) in [6.45, 7) is 0.639. The van der Waals surface area contributed by atoms with Gasteiger partial charge in [0.2, 0.25) is 15.0 Å². The molecule has 0 saturated carbocycles. The van der Waals surface area contributed by atoms with E-state index in [1.165, 1.54) is 0 Å². The summed E-state index contributed by atoms with van der Waals surface area (Å²) in [5.41, 5.74) is 1.04. The maximum absolute atomic E-state index is 11.9. The van der Waals surface area contributed by atoms with Gasteiger partial charge in [0.1, 0.15) is 5.25 Å². The van der Waals surface area contributed by atoms with Crippen LogP contribution in [0.4, 0.5) is 0 Å². The molecule has 7 heteroatoms. The number of hydrogen-bond donors (Lipinski definition) is 0. The van der Waals surface area contributed by atoms with E-state index in [1.807, 2.05) is 24.3 Å². The number of pyridine rings is 1. The number of likely N-dealkylation sites (tertiary alicyclic amines) is 1. The molecule has 0 bridgehead atoms. The van der Waals surface area contributed by atoms with Crippen molar-refractivity contribution in [3.05, 3.63) is 42.2 Å². The van der Waals surface area contributed by atoms with Crippen LogP contribution in [0.3, 0.4) is 0 Å². The molecule has 1 atom stereocenters. The fourth-order valence-corrected chi connectivity index (χ4v) is 3.83. The van der Waals surface area contributed by atoms with E-state index in [0.717, 1.165) is 16.3 Å². The molecule has 2 aromatic rings. The SMILES string of the molecule is O=C1CC(S(=O)(=O)Cl)CN1CCc1cncc2ccccc12. The van der Waals surface area contributed by atoms with E-state index in [4.69, 9.17) is 10.7 Å². The highest BCUT2D eigenvalue weighted by molar-refractivity contribution is 8.14. The number of fused-ring (bicyclic) bond motifs is 1. The first-order valence-corrected chi connectivity index (χ1v) is 9.35. The molecule has 0 spiro atoms. The van der Waals surface area contributed by atoms with Crippen LogP contribution in [0.5, 0.6) is 0 Å². The summed E-state index contributed by atoms with van der Waals surface area (Å²) in [4.78, 5) is 17.7.